The largest absolute Gasteiger partial charge is 0.479 e. The number of rotatable bonds is 2. The molecule has 18 heavy (non-hydrogen) atoms. The Morgan fingerprint density at radius 1 is 1.50 bits per heavy atom. The van der Waals surface area contributed by atoms with E-state index in [0.29, 0.717) is 12.5 Å². The van der Waals surface area contributed by atoms with Gasteiger partial charge in [0.25, 0.3) is 0 Å². The number of aliphatic carboxylic acids is 1. The molecule has 1 aromatic heterocycles. The lowest BCUT2D eigenvalue weighted by molar-refractivity contribution is -0.151. The third-order valence-electron chi connectivity index (χ3n) is 3.91. The molecular weight excluding hydrogens is 250 g/mol. The molecule has 1 aliphatic carbocycles. The summed E-state index contributed by atoms with van der Waals surface area (Å²) in [6.07, 6.45) is 1.68. The minimum Gasteiger partial charge on any atom is -0.479 e. The maximum absolute atomic E-state index is 12.3. The van der Waals surface area contributed by atoms with E-state index in [4.69, 9.17) is 0 Å². The van der Waals surface area contributed by atoms with Gasteiger partial charge in [-0.05, 0) is 35.8 Å². The predicted molar refractivity (Wildman–Crippen MR) is 67.4 cm³/mol. The lowest BCUT2D eigenvalue weighted by Gasteiger charge is -2.33. The number of fused-ring (bicyclic) bond motifs is 1. The Morgan fingerprint density at radius 3 is 2.83 bits per heavy atom. The summed E-state index contributed by atoms with van der Waals surface area (Å²) >= 11 is 1.58. The van der Waals surface area contributed by atoms with Crippen molar-refractivity contribution in [2.24, 2.45) is 11.8 Å². The average molecular weight is 265 g/mol. The SMILES string of the molecule is CC1CC1C(=O)N1CCc2sccc2C1C(=O)O. The van der Waals surface area contributed by atoms with Crippen molar-refractivity contribution in [3.63, 3.8) is 0 Å². The van der Waals surface area contributed by atoms with Gasteiger partial charge in [-0.25, -0.2) is 4.79 Å². The van der Waals surface area contributed by atoms with Gasteiger partial charge >= 0.3 is 5.97 Å². The highest BCUT2D eigenvalue weighted by Crippen LogP contribution is 2.42. The van der Waals surface area contributed by atoms with E-state index < -0.39 is 12.0 Å². The number of carbonyl (C=O) groups is 2. The summed E-state index contributed by atoms with van der Waals surface area (Å²) in [5.74, 6) is -0.439. The van der Waals surface area contributed by atoms with Crippen LogP contribution >= 0.6 is 11.3 Å². The number of amides is 1. The molecule has 1 amide bonds. The van der Waals surface area contributed by atoms with Crippen LogP contribution in [0.5, 0.6) is 0 Å². The second-order valence-electron chi connectivity index (χ2n) is 5.14. The molecule has 0 radical (unpaired) electrons. The Balaban J connectivity index is 1.91. The smallest absolute Gasteiger partial charge is 0.331 e. The quantitative estimate of drug-likeness (QED) is 0.888. The van der Waals surface area contributed by atoms with Crippen LogP contribution in [0.15, 0.2) is 11.4 Å². The molecule has 96 valence electrons. The number of carboxylic acid groups (broad SMARTS) is 1. The van der Waals surface area contributed by atoms with E-state index in [-0.39, 0.29) is 11.8 Å². The molecular formula is C13H15NO3S. The summed E-state index contributed by atoms with van der Waals surface area (Å²) in [6.45, 7) is 2.57. The number of thiophene rings is 1. The van der Waals surface area contributed by atoms with Crippen LogP contribution in [0, 0.1) is 11.8 Å². The van der Waals surface area contributed by atoms with E-state index in [0.717, 1.165) is 23.3 Å². The fourth-order valence-corrected chi connectivity index (χ4v) is 3.60. The normalized spacial score (nSPS) is 29.8. The van der Waals surface area contributed by atoms with Crippen LogP contribution in [0.1, 0.15) is 29.8 Å². The highest BCUT2D eigenvalue weighted by molar-refractivity contribution is 7.10. The average Bonchev–Trinajstić information content (AvgIpc) is 2.89. The summed E-state index contributed by atoms with van der Waals surface area (Å²) in [5, 5.41) is 11.3. The van der Waals surface area contributed by atoms with Crippen molar-refractivity contribution in [2.45, 2.75) is 25.8 Å². The Hall–Kier alpha value is -1.36. The second-order valence-corrected chi connectivity index (χ2v) is 6.14. The van der Waals surface area contributed by atoms with Crippen LogP contribution in [0.4, 0.5) is 0 Å². The molecule has 5 heteroatoms. The molecule has 2 heterocycles. The molecule has 4 nitrogen and oxygen atoms in total. The van der Waals surface area contributed by atoms with Crippen molar-refractivity contribution in [3.8, 4) is 0 Å². The minimum absolute atomic E-state index is 0.0201. The topological polar surface area (TPSA) is 57.6 Å². The van der Waals surface area contributed by atoms with Crippen molar-refractivity contribution in [3.05, 3.63) is 21.9 Å². The van der Waals surface area contributed by atoms with Crippen LogP contribution < -0.4 is 0 Å². The molecule has 3 unspecified atom stereocenters. The van der Waals surface area contributed by atoms with Crippen molar-refractivity contribution < 1.29 is 14.7 Å². The van der Waals surface area contributed by atoms with Gasteiger partial charge < -0.3 is 10.0 Å². The van der Waals surface area contributed by atoms with Crippen molar-refractivity contribution >= 4 is 23.2 Å². The zero-order valence-corrected chi connectivity index (χ0v) is 10.9. The second kappa shape index (κ2) is 4.09. The Morgan fingerprint density at radius 2 is 2.22 bits per heavy atom. The molecule has 0 spiro atoms. The van der Waals surface area contributed by atoms with Crippen LogP contribution in [-0.4, -0.2) is 28.4 Å². The van der Waals surface area contributed by atoms with Crippen LogP contribution in [-0.2, 0) is 16.0 Å². The number of carbonyl (C=O) groups excluding carboxylic acids is 1. The zero-order chi connectivity index (χ0) is 12.9. The molecule has 1 saturated carbocycles. The van der Waals surface area contributed by atoms with Crippen LogP contribution in [0.25, 0.3) is 0 Å². The third-order valence-corrected chi connectivity index (χ3v) is 4.91. The summed E-state index contributed by atoms with van der Waals surface area (Å²) in [7, 11) is 0. The first kappa shape index (κ1) is 11.7. The van der Waals surface area contributed by atoms with Gasteiger partial charge in [0.05, 0.1) is 0 Å². The number of nitrogens with zero attached hydrogens (tertiary/aromatic N) is 1. The van der Waals surface area contributed by atoms with Crippen molar-refractivity contribution in [1.29, 1.82) is 0 Å². The first-order valence-corrected chi connectivity index (χ1v) is 7.07. The van der Waals surface area contributed by atoms with E-state index in [1.54, 1.807) is 16.2 Å². The van der Waals surface area contributed by atoms with Gasteiger partial charge in [-0.15, -0.1) is 11.3 Å². The number of hydrogen-bond donors (Lipinski definition) is 1. The first-order chi connectivity index (χ1) is 8.59. The van der Waals surface area contributed by atoms with Crippen LogP contribution in [0.2, 0.25) is 0 Å². The number of hydrogen-bond acceptors (Lipinski definition) is 3. The highest BCUT2D eigenvalue weighted by Gasteiger charge is 2.46. The Bertz CT molecular complexity index is 510. The Kier molecular flexibility index (Phi) is 2.66. The molecule has 1 aliphatic heterocycles. The highest BCUT2D eigenvalue weighted by atomic mass is 32.1. The standard InChI is InChI=1S/C13H15NO3S/c1-7-6-9(7)12(15)14-4-2-10-8(3-5-18-10)11(14)13(16)17/h3,5,7,9,11H,2,4,6H2,1H3,(H,16,17). The number of carboxylic acids is 1. The van der Waals surface area contributed by atoms with Crippen molar-refractivity contribution in [2.75, 3.05) is 6.54 Å². The van der Waals surface area contributed by atoms with Gasteiger partial charge in [-0.3, -0.25) is 4.79 Å². The van der Waals surface area contributed by atoms with E-state index in [9.17, 15) is 14.7 Å². The van der Waals surface area contributed by atoms with Gasteiger partial charge in [-0.1, -0.05) is 6.92 Å². The van der Waals surface area contributed by atoms with E-state index >= 15 is 0 Å². The minimum atomic E-state index is -0.920. The monoisotopic (exact) mass is 265 g/mol. The predicted octanol–water partition coefficient (Wildman–Crippen LogP) is 1.91. The molecule has 1 aromatic rings. The summed E-state index contributed by atoms with van der Waals surface area (Å²) < 4.78 is 0. The summed E-state index contributed by atoms with van der Waals surface area (Å²) in [6, 6.07) is 1.06. The lowest BCUT2D eigenvalue weighted by Crippen LogP contribution is -2.44. The molecule has 1 fully saturated rings. The summed E-state index contributed by atoms with van der Waals surface area (Å²) in [4.78, 5) is 26.4. The van der Waals surface area contributed by atoms with Gasteiger partial charge in [0, 0.05) is 17.3 Å². The Labute approximate surface area is 109 Å². The van der Waals surface area contributed by atoms with Gasteiger partial charge in [0.2, 0.25) is 5.91 Å². The van der Waals surface area contributed by atoms with Gasteiger partial charge in [0.15, 0.2) is 6.04 Å². The van der Waals surface area contributed by atoms with Gasteiger partial charge in [0.1, 0.15) is 0 Å². The van der Waals surface area contributed by atoms with Crippen LogP contribution in [0.3, 0.4) is 0 Å². The maximum atomic E-state index is 12.3. The first-order valence-electron chi connectivity index (χ1n) is 6.19. The third kappa shape index (κ3) is 1.73. The fraction of sp³-hybridized carbons (Fsp3) is 0.538. The molecule has 2 aliphatic rings. The summed E-state index contributed by atoms with van der Waals surface area (Å²) in [5.41, 5.74) is 0.806. The fourth-order valence-electron chi connectivity index (χ4n) is 2.70. The van der Waals surface area contributed by atoms with E-state index in [1.165, 1.54) is 0 Å². The molecule has 3 atom stereocenters. The molecule has 1 N–H and O–H groups in total. The lowest BCUT2D eigenvalue weighted by atomic mass is 9.99. The molecule has 0 bridgehead atoms. The van der Waals surface area contributed by atoms with E-state index in [2.05, 4.69) is 0 Å². The zero-order valence-electron chi connectivity index (χ0n) is 10.1. The molecule has 3 rings (SSSR count). The molecule has 0 aromatic carbocycles. The maximum Gasteiger partial charge on any atom is 0.331 e. The van der Waals surface area contributed by atoms with Gasteiger partial charge in [-0.2, -0.15) is 0 Å². The van der Waals surface area contributed by atoms with E-state index in [1.807, 2.05) is 18.4 Å². The molecule has 0 saturated heterocycles. The van der Waals surface area contributed by atoms with Crippen molar-refractivity contribution in [1.82, 2.24) is 4.90 Å².